The Bertz CT molecular complexity index is 2090. The van der Waals surface area contributed by atoms with Crippen molar-refractivity contribution in [3.8, 4) is 23.7 Å². The maximum atomic E-state index is 13.8. The third kappa shape index (κ3) is 10.2. The Morgan fingerprint density at radius 2 is 1.19 bits per heavy atom. The number of alkyl carbamates (subject to hydrolysis) is 2. The second kappa shape index (κ2) is 17.2. The summed E-state index contributed by atoms with van der Waals surface area (Å²) < 4.78 is 9.55. The normalized spacial score (nSPS) is 19.2. The van der Waals surface area contributed by atoms with Crippen LogP contribution in [-0.2, 0) is 19.1 Å². The first-order chi connectivity index (χ1) is 26.8. The minimum atomic E-state index is -0.733. The van der Waals surface area contributed by atoms with Crippen molar-refractivity contribution in [3.63, 3.8) is 0 Å². The van der Waals surface area contributed by atoms with Gasteiger partial charge in [0.1, 0.15) is 35.1 Å². The number of nitrogens with zero attached hydrogens (tertiary/aromatic N) is 4. The van der Waals surface area contributed by atoms with Crippen LogP contribution in [0.1, 0.15) is 120 Å². The number of amides is 4. The van der Waals surface area contributed by atoms with Gasteiger partial charge in [-0.05, 0) is 78.5 Å². The van der Waals surface area contributed by atoms with E-state index in [-0.39, 0.29) is 46.6 Å². The molecular formula is C43H56N8O6. The Morgan fingerprint density at radius 3 is 1.65 bits per heavy atom. The highest BCUT2D eigenvalue weighted by atomic mass is 16.5. The van der Waals surface area contributed by atoms with Crippen LogP contribution in [0.2, 0.25) is 0 Å². The van der Waals surface area contributed by atoms with E-state index in [1.54, 1.807) is 16.0 Å². The van der Waals surface area contributed by atoms with Gasteiger partial charge in [-0.1, -0.05) is 67.2 Å². The van der Waals surface area contributed by atoms with E-state index in [1.807, 2.05) is 58.9 Å². The third-order valence-corrected chi connectivity index (χ3v) is 10.5. The molecule has 2 fully saturated rings. The molecule has 0 unspecified atom stereocenters. The van der Waals surface area contributed by atoms with Crippen molar-refractivity contribution in [2.24, 2.45) is 22.7 Å². The molecule has 0 saturated carbocycles. The molecule has 3 aromatic rings. The standard InChI is InChI=1S/C43H56N8O6/c1-25(2)34(48-40(54)56-10)38(52)50-23-42(6,7)20-32(50)36-44-22-30(46-36)18-16-28-12-14-29(15-13-28)17-19-31-27(5)45-37(47-31)33-21-43(8,9)24-51(33)39(53)35(26(3)4)49-41(55)57-11/h12-15,22,25-26,32-35H,20-21,23-24H2,1-11H3,(H,44,46)(H,45,47)(H,48,54)(H,49,55)/t32-,33-,34-,35-/m0/s1. The first-order valence-corrected chi connectivity index (χ1v) is 19.4. The first-order valence-electron chi connectivity index (χ1n) is 19.4. The van der Waals surface area contributed by atoms with Gasteiger partial charge in [-0.3, -0.25) is 9.59 Å². The first kappa shape index (κ1) is 42.4. The van der Waals surface area contributed by atoms with Crippen LogP contribution < -0.4 is 10.6 Å². The van der Waals surface area contributed by atoms with Crippen LogP contribution >= 0.6 is 0 Å². The number of benzene rings is 1. The molecule has 0 spiro atoms. The van der Waals surface area contributed by atoms with Gasteiger partial charge in [0.25, 0.3) is 0 Å². The number of carbonyl (C=O) groups excluding carboxylic acids is 4. The number of imidazole rings is 2. The van der Waals surface area contributed by atoms with Gasteiger partial charge in [0, 0.05) is 29.9 Å². The molecule has 14 nitrogen and oxygen atoms in total. The lowest BCUT2D eigenvalue weighted by molar-refractivity contribution is -0.136. The number of nitrogens with one attached hydrogen (secondary N) is 4. The van der Waals surface area contributed by atoms with Crippen molar-refractivity contribution in [2.45, 2.75) is 99.3 Å². The lowest BCUT2D eigenvalue weighted by Crippen LogP contribution is -2.51. The van der Waals surface area contributed by atoms with E-state index in [0.29, 0.717) is 49.0 Å². The average molecular weight is 781 g/mol. The molecule has 4 N–H and O–H groups in total. The molecule has 4 heterocycles. The van der Waals surface area contributed by atoms with Gasteiger partial charge in [0.15, 0.2) is 0 Å². The molecule has 4 atom stereocenters. The summed E-state index contributed by atoms with van der Waals surface area (Å²) in [6, 6.07) is 5.53. The van der Waals surface area contributed by atoms with Crippen molar-refractivity contribution in [3.05, 3.63) is 70.3 Å². The number of aromatic amines is 2. The zero-order chi connectivity index (χ0) is 41.8. The molecule has 304 valence electrons. The van der Waals surface area contributed by atoms with Gasteiger partial charge in [-0.25, -0.2) is 19.6 Å². The molecule has 0 radical (unpaired) electrons. The molecule has 2 aliphatic heterocycles. The highest BCUT2D eigenvalue weighted by molar-refractivity contribution is 5.87. The Morgan fingerprint density at radius 1 is 0.737 bits per heavy atom. The Balaban J connectivity index is 1.28. The van der Waals surface area contributed by atoms with E-state index in [0.717, 1.165) is 16.8 Å². The summed E-state index contributed by atoms with van der Waals surface area (Å²) in [5.41, 5.74) is 3.30. The lowest BCUT2D eigenvalue weighted by Gasteiger charge is -2.30. The number of aromatic nitrogens is 4. The van der Waals surface area contributed by atoms with Crippen molar-refractivity contribution in [1.29, 1.82) is 0 Å². The van der Waals surface area contributed by atoms with Crippen LogP contribution in [0.4, 0.5) is 9.59 Å². The summed E-state index contributed by atoms with van der Waals surface area (Å²) in [6.07, 6.45) is 1.79. The highest BCUT2D eigenvalue weighted by Gasteiger charge is 2.46. The molecule has 14 heteroatoms. The summed E-state index contributed by atoms with van der Waals surface area (Å²) in [5, 5.41) is 5.40. The van der Waals surface area contributed by atoms with E-state index in [1.165, 1.54) is 14.2 Å². The fourth-order valence-corrected chi connectivity index (χ4v) is 7.49. The van der Waals surface area contributed by atoms with E-state index in [2.05, 4.69) is 77.0 Å². The van der Waals surface area contributed by atoms with Crippen LogP contribution in [0, 0.1) is 53.3 Å². The maximum Gasteiger partial charge on any atom is 0.407 e. The molecule has 4 amide bonds. The van der Waals surface area contributed by atoms with Crippen molar-refractivity contribution in [1.82, 2.24) is 40.4 Å². The quantitative estimate of drug-likeness (QED) is 0.214. The molecule has 0 bridgehead atoms. The number of carbonyl (C=O) groups is 4. The zero-order valence-corrected chi connectivity index (χ0v) is 34.9. The van der Waals surface area contributed by atoms with Gasteiger partial charge >= 0.3 is 12.2 Å². The summed E-state index contributed by atoms with van der Waals surface area (Å²) in [4.78, 5) is 71.3. The fraction of sp³-hybridized carbons (Fsp3) is 0.535. The molecule has 57 heavy (non-hydrogen) atoms. The lowest BCUT2D eigenvalue weighted by atomic mass is 9.90. The van der Waals surface area contributed by atoms with E-state index >= 15 is 0 Å². The minimum absolute atomic E-state index is 0.138. The van der Waals surface area contributed by atoms with E-state index in [4.69, 9.17) is 14.5 Å². The van der Waals surface area contributed by atoms with Crippen LogP contribution in [0.5, 0.6) is 0 Å². The largest absolute Gasteiger partial charge is 0.453 e. The predicted octanol–water partition coefficient (Wildman–Crippen LogP) is 5.60. The van der Waals surface area contributed by atoms with Crippen LogP contribution in [0.15, 0.2) is 30.5 Å². The molecule has 2 aliphatic rings. The third-order valence-electron chi connectivity index (χ3n) is 10.5. The van der Waals surface area contributed by atoms with Gasteiger partial charge in [0.2, 0.25) is 11.8 Å². The smallest absolute Gasteiger partial charge is 0.407 e. The number of ether oxygens (including phenoxy) is 2. The van der Waals surface area contributed by atoms with E-state index in [9.17, 15) is 19.2 Å². The number of hydrogen-bond donors (Lipinski definition) is 4. The summed E-state index contributed by atoms with van der Waals surface area (Å²) in [5.74, 6) is 13.4. The summed E-state index contributed by atoms with van der Waals surface area (Å²) in [7, 11) is 2.56. The van der Waals surface area contributed by atoms with Crippen molar-refractivity contribution < 1.29 is 28.7 Å². The number of H-pyrrole nitrogens is 2. The van der Waals surface area contributed by atoms with Gasteiger partial charge in [-0.2, -0.15) is 0 Å². The van der Waals surface area contributed by atoms with Gasteiger partial charge in [-0.15, -0.1) is 0 Å². The maximum absolute atomic E-state index is 13.8. The fourth-order valence-electron chi connectivity index (χ4n) is 7.49. The van der Waals surface area contributed by atoms with Crippen molar-refractivity contribution >= 4 is 24.0 Å². The van der Waals surface area contributed by atoms with Crippen LogP contribution in [0.3, 0.4) is 0 Å². The number of aryl methyl sites for hydroxylation is 1. The molecule has 1 aromatic carbocycles. The topological polar surface area (TPSA) is 175 Å². The van der Waals surface area contributed by atoms with Gasteiger partial charge in [0.05, 0.1) is 32.5 Å². The molecule has 5 rings (SSSR count). The number of methoxy groups -OCH3 is 2. The number of rotatable bonds is 8. The molecule has 0 aliphatic carbocycles. The summed E-state index contributed by atoms with van der Waals surface area (Å²) >= 11 is 0. The monoisotopic (exact) mass is 780 g/mol. The molecule has 2 saturated heterocycles. The van der Waals surface area contributed by atoms with Crippen LogP contribution in [-0.4, -0.2) is 93.1 Å². The van der Waals surface area contributed by atoms with E-state index < -0.39 is 24.3 Å². The zero-order valence-electron chi connectivity index (χ0n) is 34.9. The Hall–Kier alpha value is -5.76. The summed E-state index contributed by atoms with van der Waals surface area (Å²) in [6.45, 7) is 19.0. The number of likely N-dealkylation sites (tertiary alicyclic amines) is 2. The predicted molar refractivity (Wildman–Crippen MR) is 214 cm³/mol. The second-order valence-corrected chi connectivity index (χ2v) is 17.3. The minimum Gasteiger partial charge on any atom is -0.453 e. The van der Waals surface area contributed by atoms with Crippen LogP contribution in [0.25, 0.3) is 0 Å². The average Bonchev–Trinajstić information content (AvgIpc) is 3.94. The Labute approximate surface area is 335 Å². The number of hydrogen-bond acceptors (Lipinski definition) is 8. The SMILES string of the molecule is COC(=O)N[C@H](C(=O)N1CC(C)(C)C[C@H]1c1ncc(C#Cc2ccc(C#Cc3nc([C@@H]4CC(C)(C)CN4C(=O)[C@@H](NC(=O)OC)C(C)C)[nH]c3C)cc2)[nH]1)C(C)C. The Kier molecular flexibility index (Phi) is 12.8. The molecular weight excluding hydrogens is 725 g/mol. The molecule has 2 aromatic heterocycles. The van der Waals surface area contributed by atoms with Crippen molar-refractivity contribution in [2.75, 3.05) is 27.3 Å². The highest BCUT2D eigenvalue weighted by Crippen LogP contribution is 2.43. The second-order valence-electron chi connectivity index (χ2n) is 17.3. The van der Waals surface area contributed by atoms with Gasteiger partial charge < -0.3 is 39.9 Å².